The number of benzene rings is 1. The van der Waals surface area contributed by atoms with Gasteiger partial charge in [-0.3, -0.25) is 0 Å². The van der Waals surface area contributed by atoms with Crippen molar-refractivity contribution in [3.63, 3.8) is 0 Å². The van der Waals surface area contributed by atoms with E-state index in [9.17, 15) is 21.6 Å². The molecular formula is C19H14ClF3N4O2S2. The van der Waals surface area contributed by atoms with Gasteiger partial charge in [0.25, 0.3) is 0 Å². The van der Waals surface area contributed by atoms with Crippen molar-refractivity contribution in [1.82, 2.24) is 19.7 Å². The SMILES string of the molecule is CCS(=O)(=O)c1cc(-c2ccc(Cl)cc2)sc1-c1nc2cc(C(F)(F)F)nnc2n1C. The van der Waals surface area contributed by atoms with Crippen molar-refractivity contribution in [3.05, 3.63) is 47.1 Å². The van der Waals surface area contributed by atoms with Crippen LogP contribution in [0.2, 0.25) is 5.02 Å². The van der Waals surface area contributed by atoms with Crippen molar-refractivity contribution in [1.29, 1.82) is 0 Å². The number of hydrogen-bond donors (Lipinski definition) is 0. The summed E-state index contributed by atoms with van der Waals surface area (Å²) in [6.45, 7) is 1.52. The molecule has 4 rings (SSSR count). The normalized spacial score (nSPS) is 12.6. The van der Waals surface area contributed by atoms with Crippen LogP contribution in [-0.4, -0.2) is 33.9 Å². The third kappa shape index (κ3) is 3.92. The average molecular weight is 487 g/mol. The molecule has 0 radical (unpaired) electrons. The summed E-state index contributed by atoms with van der Waals surface area (Å²) in [6, 6.07) is 9.25. The summed E-state index contributed by atoms with van der Waals surface area (Å²) in [5.74, 6) is 0.0551. The molecule has 1 aromatic carbocycles. The number of imidazole rings is 1. The molecule has 0 amide bonds. The fourth-order valence-electron chi connectivity index (χ4n) is 3.00. The van der Waals surface area contributed by atoms with Gasteiger partial charge in [0.05, 0.1) is 15.5 Å². The Bertz CT molecular complexity index is 1390. The second kappa shape index (κ2) is 7.57. The molecule has 0 saturated carbocycles. The first-order valence-electron chi connectivity index (χ1n) is 8.91. The summed E-state index contributed by atoms with van der Waals surface area (Å²) in [7, 11) is -2.09. The topological polar surface area (TPSA) is 77.7 Å². The highest BCUT2D eigenvalue weighted by molar-refractivity contribution is 7.91. The number of aromatic nitrogens is 4. The Labute approximate surface area is 184 Å². The van der Waals surface area contributed by atoms with Crippen LogP contribution in [0.4, 0.5) is 13.2 Å². The summed E-state index contributed by atoms with van der Waals surface area (Å²) < 4.78 is 66.0. The maximum Gasteiger partial charge on any atom is 0.435 e. The molecule has 0 saturated heterocycles. The van der Waals surface area contributed by atoms with Crippen LogP contribution in [0.5, 0.6) is 0 Å². The third-order valence-electron chi connectivity index (χ3n) is 4.65. The quantitative estimate of drug-likeness (QED) is 0.395. The lowest BCUT2D eigenvalue weighted by molar-refractivity contribution is -0.141. The number of hydrogen-bond acceptors (Lipinski definition) is 6. The van der Waals surface area contributed by atoms with Crippen LogP contribution in [0.25, 0.3) is 32.3 Å². The van der Waals surface area contributed by atoms with E-state index in [1.54, 1.807) is 37.4 Å². The Morgan fingerprint density at radius 3 is 2.42 bits per heavy atom. The molecular weight excluding hydrogens is 473 g/mol. The van der Waals surface area contributed by atoms with E-state index in [-0.39, 0.29) is 27.6 Å². The minimum Gasteiger partial charge on any atom is -0.310 e. The number of halogens is 4. The average Bonchev–Trinajstić information content (AvgIpc) is 3.30. The summed E-state index contributed by atoms with van der Waals surface area (Å²) >= 11 is 7.12. The van der Waals surface area contributed by atoms with Gasteiger partial charge in [-0.05, 0) is 23.8 Å². The highest BCUT2D eigenvalue weighted by atomic mass is 35.5. The maximum atomic E-state index is 13.0. The summed E-state index contributed by atoms with van der Waals surface area (Å²) in [5, 5.41) is 7.42. The molecule has 0 aliphatic heterocycles. The number of thiophene rings is 1. The number of aryl methyl sites for hydroxylation is 1. The minimum atomic E-state index is -4.67. The van der Waals surface area contributed by atoms with Gasteiger partial charge in [-0.1, -0.05) is 30.7 Å². The fraction of sp³-hybridized carbons (Fsp3) is 0.211. The van der Waals surface area contributed by atoms with E-state index in [0.29, 0.717) is 14.8 Å². The van der Waals surface area contributed by atoms with Crippen LogP contribution in [0.1, 0.15) is 12.6 Å². The molecule has 12 heteroatoms. The van der Waals surface area contributed by atoms with E-state index in [0.717, 1.165) is 11.6 Å². The third-order valence-corrected chi connectivity index (χ3v) is 7.97. The standard InChI is InChI=1S/C19H14ClF3N4O2S2/c1-3-31(28,29)14-9-13(10-4-6-11(20)7-5-10)30-16(14)18-24-12-8-15(19(21,22)23)25-26-17(12)27(18)2/h4-9H,3H2,1-2H3. The second-order valence-corrected chi connectivity index (χ2v) is 10.4. The van der Waals surface area contributed by atoms with E-state index in [2.05, 4.69) is 15.2 Å². The van der Waals surface area contributed by atoms with Crippen molar-refractivity contribution in [3.8, 4) is 21.1 Å². The van der Waals surface area contributed by atoms with E-state index in [1.165, 1.54) is 22.8 Å². The first-order valence-corrected chi connectivity index (χ1v) is 11.8. The van der Waals surface area contributed by atoms with Gasteiger partial charge in [0, 0.05) is 23.0 Å². The number of sulfone groups is 1. The largest absolute Gasteiger partial charge is 0.435 e. The maximum absolute atomic E-state index is 13.0. The number of rotatable bonds is 4. The van der Waals surface area contributed by atoms with Crippen molar-refractivity contribution >= 4 is 43.9 Å². The van der Waals surface area contributed by atoms with Crippen molar-refractivity contribution in [2.75, 3.05) is 5.75 Å². The number of alkyl halides is 3. The Kier molecular flexibility index (Phi) is 5.31. The molecule has 0 aliphatic rings. The fourth-order valence-corrected chi connectivity index (χ4v) is 5.77. The highest BCUT2D eigenvalue weighted by Crippen LogP contribution is 2.41. The molecule has 4 aromatic rings. The van der Waals surface area contributed by atoms with Crippen molar-refractivity contribution in [2.45, 2.75) is 18.0 Å². The van der Waals surface area contributed by atoms with E-state index in [4.69, 9.17) is 11.6 Å². The number of fused-ring (bicyclic) bond motifs is 1. The lowest BCUT2D eigenvalue weighted by Crippen LogP contribution is -2.09. The van der Waals surface area contributed by atoms with Gasteiger partial charge in [0.15, 0.2) is 27.0 Å². The van der Waals surface area contributed by atoms with Gasteiger partial charge in [-0.2, -0.15) is 13.2 Å². The molecule has 3 aromatic heterocycles. The van der Waals surface area contributed by atoms with E-state index < -0.39 is 21.7 Å². The number of nitrogens with zero attached hydrogens (tertiary/aromatic N) is 4. The van der Waals surface area contributed by atoms with Gasteiger partial charge in [0.2, 0.25) is 0 Å². The lowest BCUT2D eigenvalue weighted by Gasteiger charge is -2.04. The van der Waals surface area contributed by atoms with Gasteiger partial charge in [-0.15, -0.1) is 21.5 Å². The zero-order chi connectivity index (χ0) is 22.6. The first kappa shape index (κ1) is 21.7. The minimum absolute atomic E-state index is 0.0267. The molecule has 3 heterocycles. The zero-order valence-corrected chi connectivity index (χ0v) is 18.5. The zero-order valence-electron chi connectivity index (χ0n) is 16.1. The lowest BCUT2D eigenvalue weighted by atomic mass is 10.2. The molecule has 0 spiro atoms. The molecule has 0 N–H and O–H groups in total. The smallest absolute Gasteiger partial charge is 0.310 e. The Morgan fingerprint density at radius 2 is 1.81 bits per heavy atom. The molecule has 162 valence electrons. The Balaban J connectivity index is 1.95. The molecule has 0 unspecified atom stereocenters. The molecule has 0 aliphatic carbocycles. The predicted octanol–water partition coefficient (Wildman–Crippen LogP) is 5.22. The summed E-state index contributed by atoms with van der Waals surface area (Å²) in [6.07, 6.45) is -4.67. The first-order chi connectivity index (χ1) is 14.5. The van der Waals surface area contributed by atoms with Crippen LogP contribution in [0.3, 0.4) is 0 Å². The molecule has 6 nitrogen and oxygen atoms in total. The van der Waals surface area contributed by atoms with Crippen LogP contribution in [0.15, 0.2) is 41.3 Å². The molecule has 0 fully saturated rings. The molecule has 0 bridgehead atoms. The van der Waals surface area contributed by atoms with Crippen LogP contribution in [0, 0.1) is 0 Å². The molecule has 0 atom stereocenters. The summed E-state index contributed by atoms with van der Waals surface area (Å²) in [4.78, 5) is 5.31. The predicted molar refractivity (Wildman–Crippen MR) is 113 cm³/mol. The van der Waals surface area contributed by atoms with E-state index in [1.807, 2.05) is 0 Å². The molecule has 31 heavy (non-hydrogen) atoms. The van der Waals surface area contributed by atoms with Gasteiger partial charge < -0.3 is 4.57 Å². The highest BCUT2D eigenvalue weighted by Gasteiger charge is 2.34. The van der Waals surface area contributed by atoms with Gasteiger partial charge >= 0.3 is 6.18 Å². The van der Waals surface area contributed by atoms with Crippen LogP contribution < -0.4 is 0 Å². The van der Waals surface area contributed by atoms with Crippen molar-refractivity contribution in [2.24, 2.45) is 7.05 Å². The van der Waals surface area contributed by atoms with Gasteiger partial charge in [-0.25, -0.2) is 13.4 Å². The monoisotopic (exact) mass is 486 g/mol. The van der Waals surface area contributed by atoms with E-state index >= 15 is 0 Å². The van der Waals surface area contributed by atoms with Crippen LogP contribution in [-0.2, 0) is 23.1 Å². The summed E-state index contributed by atoms with van der Waals surface area (Å²) in [5.41, 5.74) is -0.324. The van der Waals surface area contributed by atoms with Crippen LogP contribution >= 0.6 is 22.9 Å². The van der Waals surface area contributed by atoms with Gasteiger partial charge in [0.1, 0.15) is 5.52 Å². The Morgan fingerprint density at radius 1 is 1.13 bits per heavy atom. The van der Waals surface area contributed by atoms with Crippen molar-refractivity contribution < 1.29 is 21.6 Å². The Hall–Kier alpha value is -2.50. The second-order valence-electron chi connectivity index (χ2n) is 6.64.